The van der Waals surface area contributed by atoms with Crippen LogP contribution in [-0.2, 0) is 16.0 Å². The van der Waals surface area contributed by atoms with Gasteiger partial charge in [-0.25, -0.2) is 9.18 Å². The summed E-state index contributed by atoms with van der Waals surface area (Å²) >= 11 is 0. The number of ether oxygens (including phenoxy) is 1. The summed E-state index contributed by atoms with van der Waals surface area (Å²) < 4.78 is 26.1. The smallest absolute Gasteiger partial charge is 0.411 e. The van der Waals surface area contributed by atoms with Gasteiger partial charge in [0.2, 0.25) is 0 Å². The molecular weight excluding hydrogens is 497 g/mol. The van der Waals surface area contributed by atoms with Crippen molar-refractivity contribution in [2.45, 2.75) is 70.6 Å². The molecule has 0 unspecified atom stereocenters. The summed E-state index contributed by atoms with van der Waals surface area (Å²) in [4.78, 5) is 27.9. The summed E-state index contributed by atoms with van der Waals surface area (Å²) in [6, 6.07) is 17.6. The van der Waals surface area contributed by atoms with Crippen molar-refractivity contribution in [3.63, 3.8) is 0 Å². The van der Waals surface area contributed by atoms with Crippen molar-refractivity contribution in [1.82, 2.24) is 10.1 Å². The van der Waals surface area contributed by atoms with Gasteiger partial charge in [0.1, 0.15) is 17.1 Å². The summed E-state index contributed by atoms with van der Waals surface area (Å²) in [7, 11) is 0. The van der Waals surface area contributed by atoms with E-state index in [-0.39, 0.29) is 30.6 Å². The predicted octanol–water partition coefficient (Wildman–Crippen LogP) is 6.58. The molecule has 202 valence electrons. The first-order valence-corrected chi connectivity index (χ1v) is 13.4. The number of hydrogen-bond donors (Lipinski definition) is 0. The number of carbonyl (C=O) groups excluding carboxylic acids is 2. The number of piperidine rings is 1. The molecule has 2 heterocycles. The van der Waals surface area contributed by atoms with Gasteiger partial charge < -0.3 is 9.26 Å². The Kier molecular flexibility index (Phi) is 7.26. The largest absolute Gasteiger partial charge is 0.444 e. The third kappa shape index (κ3) is 5.73. The molecule has 1 aliphatic carbocycles. The highest BCUT2D eigenvalue weighted by Crippen LogP contribution is 2.44. The van der Waals surface area contributed by atoms with E-state index in [1.54, 1.807) is 43.9 Å². The number of nitrogens with zero attached hydrogens (tertiary/aromatic N) is 3. The highest BCUT2D eigenvalue weighted by atomic mass is 19.1. The standard InChI is InChI=1S/C31H32FN3O4/c1-31(2,3)38-30(37)35-24-12-11-23(15-24)29(35)27(36)14-19(18-33)13-21-9-10-22(16-25(21)32)28-17-26(34-39-28)20-7-5-4-6-8-20/h4-10,16-17,19,23-24,29H,11-15H2,1-3H3/t19-,23+,24-,29+/m1/s1. The molecule has 2 aromatic carbocycles. The zero-order valence-electron chi connectivity index (χ0n) is 22.4. The second kappa shape index (κ2) is 10.6. The number of hydrogen-bond acceptors (Lipinski definition) is 6. The van der Waals surface area contributed by atoms with Crippen molar-refractivity contribution in [1.29, 1.82) is 5.26 Å². The van der Waals surface area contributed by atoms with Gasteiger partial charge >= 0.3 is 6.09 Å². The molecule has 8 heteroatoms. The van der Waals surface area contributed by atoms with Crippen LogP contribution >= 0.6 is 0 Å². The molecule has 0 spiro atoms. The molecule has 2 fully saturated rings. The molecule has 1 aliphatic heterocycles. The number of nitriles is 1. The highest BCUT2D eigenvalue weighted by molar-refractivity contribution is 5.89. The normalized spacial score (nSPS) is 21.0. The maximum atomic E-state index is 15.1. The lowest BCUT2D eigenvalue weighted by Gasteiger charge is -2.35. The van der Waals surface area contributed by atoms with Gasteiger partial charge in [-0.05, 0) is 64.0 Å². The van der Waals surface area contributed by atoms with Crippen LogP contribution in [0.5, 0.6) is 0 Å². The molecule has 3 aromatic rings. The molecule has 1 saturated carbocycles. The van der Waals surface area contributed by atoms with Gasteiger partial charge in [0.25, 0.3) is 0 Å². The molecule has 1 aromatic heterocycles. The van der Waals surface area contributed by atoms with Gasteiger partial charge in [-0.2, -0.15) is 5.26 Å². The van der Waals surface area contributed by atoms with E-state index in [1.807, 2.05) is 30.3 Å². The lowest BCUT2D eigenvalue weighted by Crippen LogP contribution is -2.51. The van der Waals surface area contributed by atoms with E-state index in [0.29, 0.717) is 22.6 Å². The Morgan fingerprint density at radius 2 is 1.92 bits per heavy atom. The molecule has 1 saturated heterocycles. The molecule has 0 radical (unpaired) electrons. The van der Waals surface area contributed by atoms with Gasteiger partial charge in [-0.15, -0.1) is 0 Å². The number of Topliss-reactive ketones (excluding diaryl/α,β-unsaturated/α-hetero) is 1. The number of rotatable bonds is 7. The highest BCUT2D eigenvalue weighted by Gasteiger charge is 2.52. The Labute approximate surface area is 227 Å². The number of carbonyl (C=O) groups is 2. The van der Waals surface area contributed by atoms with E-state index >= 15 is 4.39 Å². The quantitative estimate of drug-likeness (QED) is 0.343. The van der Waals surface area contributed by atoms with E-state index < -0.39 is 29.5 Å². The van der Waals surface area contributed by atoms with Crippen LogP contribution in [0.2, 0.25) is 0 Å². The number of benzene rings is 2. The van der Waals surface area contributed by atoms with Gasteiger partial charge in [-0.3, -0.25) is 9.69 Å². The van der Waals surface area contributed by atoms with Crippen LogP contribution < -0.4 is 0 Å². The summed E-state index contributed by atoms with van der Waals surface area (Å²) in [5, 5.41) is 13.9. The fraction of sp³-hybridized carbons (Fsp3) is 0.419. The van der Waals surface area contributed by atoms with Crippen molar-refractivity contribution >= 4 is 11.9 Å². The Morgan fingerprint density at radius 1 is 1.15 bits per heavy atom. The van der Waals surface area contributed by atoms with Crippen LogP contribution in [0.4, 0.5) is 9.18 Å². The first-order chi connectivity index (χ1) is 18.6. The van der Waals surface area contributed by atoms with Gasteiger partial charge in [0, 0.05) is 29.7 Å². The van der Waals surface area contributed by atoms with Gasteiger partial charge in [0.05, 0.1) is 18.0 Å². The van der Waals surface area contributed by atoms with Crippen molar-refractivity contribution in [3.05, 3.63) is 66.0 Å². The van der Waals surface area contributed by atoms with E-state index in [1.165, 1.54) is 6.07 Å². The first kappa shape index (κ1) is 26.6. The number of halogens is 1. The molecule has 1 amide bonds. The molecule has 0 N–H and O–H groups in total. The van der Waals surface area contributed by atoms with Crippen molar-refractivity contribution in [2.24, 2.45) is 11.8 Å². The van der Waals surface area contributed by atoms with Gasteiger partial charge in [0.15, 0.2) is 11.5 Å². The van der Waals surface area contributed by atoms with E-state index in [2.05, 4.69) is 11.2 Å². The summed E-state index contributed by atoms with van der Waals surface area (Å²) in [5.41, 5.74) is 1.76. The van der Waals surface area contributed by atoms with Crippen LogP contribution in [-0.4, -0.2) is 39.6 Å². The maximum absolute atomic E-state index is 15.1. The summed E-state index contributed by atoms with van der Waals surface area (Å²) in [6.07, 6.45) is 2.06. The number of ketones is 1. The Hall–Kier alpha value is -3.99. The second-order valence-electron chi connectivity index (χ2n) is 11.5. The minimum atomic E-state index is -0.715. The third-order valence-corrected chi connectivity index (χ3v) is 7.53. The molecule has 5 rings (SSSR count). The molecule has 4 atom stereocenters. The SMILES string of the molecule is CC(C)(C)OC(=O)N1[C@@H]2CC[C@@H](C2)[C@H]1C(=O)C[C@H](C#N)Cc1ccc(-c2cc(-c3ccccc3)no2)cc1F. The fourth-order valence-corrected chi connectivity index (χ4v) is 5.80. The number of fused-ring (bicyclic) bond motifs is 2. The molecule has 2 aliphatic rings. The van der Waals surface area contributed by atoms with Crippen LogP contribution in [0.15, 0.2) is 59.1 Å². The minimum absolute atomic E-state index is 0.0113. The fourth-order valence-electron chi connectivity index (χ4n) is 5.80. The monoisotopic (exact) mass is 529 g/mol. The molecular formula is C31H32FN3O4. The molecule has 39 heavy (non-hydrogen) atoms. The lowest BCUT2D eigenvalue weighted by molar-refractivity contribution is -0.126. The van der Waals surface area contributed by atoms with Crippen LogP contribution in [0, 0.1) is 29.0 Å². The molecule has 7 nitrogen and oxygen atoms in total. The average molecular weight is 530 g/mol. The topological polar surface area (TPSA) is 96.4 Å². The van der Waals surface area contributed by atoms with Crippen molar-refractivity contribution in [3.8, 4) is 28.7 Å². The Morgan fingerprint density at radius 3 is 2.62 bits per heavy atom. The Bertz CT molecular complexity index is 1410. The zero-order valence-corrected chi connectivity index (χ0v) is 22.4. The lowest BCUT2D eigenvalue weighted by atomic mass is 9.87. The minimum Gasteiger partial charge on any atom is -0.444 e. The first-order valence-electron chi connectivity index (χ1n) is 13.4. The number of amides is 1. The van der Waals surface area contributed by atoms with Crippen LogP contribution in [0.25, 0.3) is 22.6 Å². The van der Waals surface area contributed by atoms with Gasteiger partial charge in [-0.1, -0.05) is 47.6 Å². The summed E-state index contributed by atoms with van der Waals surface area (Å²) in [6.45, 7) is 5.39. The average Bonchev–Trinajstić information content (AvgIpc) is 3.65. The Balaban J connectivity index is 1.26. The second-order valence-corrected chi connectivity index (χ2v) is 11.5. The van der Waals surface area contributed by atoms with E-state index in [9.17, 15) is 14.9 Å². The van der Waals surface area contributed by atoms with Crippen molar-refractivity contribution in [2.75, 3.05) is 0 Å². The summed E-state index contributed by atoms with van der Waals surface area (Å²) in [5.74, 6) is -0.842. The zero-order chi connectivity index (χ0) is 27.7. The third-order valence-electron chi connectivity index (χ3n) is 7.53. The van der Waals surface area contributed by atoms with E-state index in [4.69, 9.17) is 9.26 Å². The predicted molar refractivity (Wildman–Crippen MR) is 143 cm³/mol. The maximum Gasteiger partial charge on any atom is 0.411 e. The van der Waals surface area contributed by atoms with Crippen LogP contribution in [0.3, 0.4) is 0 Å². The number of likely N-dealkylation sites (tertiary alicyclic amines) is 1. The van der Waals surface area contributed by atoms with Crippen LogP contribution in [0.1, 0.15) is 52.0 Å². The van der Waals surface area contributed by atoms with E-state index in [0.717, 1.165) is 24.8 Å². The van der Waals surface area contributed by atoms with Crippen molar-refractivity contribution < 1.29 is 23.2 Å². The number of aromatic nitrogens is 1. The molecule has 2 bridgehead atoms.